The van der Waals surface area contributed by atoms with E-state index >= 15 is 0 Å². The van der Waals surface area contributed by atoms with Crippen LogP contribution in [0.4, 0.5) is 5.69 Å². The molecule has 0 aromatic heterocycles. The number of sulfonamides is 1. The van der Waals surface area contributed by atoms with Crippen molar-refractivity contribution < 1.29 is 13.2 Å². The largest absolute Gasteiger partial charge is 0.338 e. The molecule has 0 heterocycles. The van der Waals surface area contributed by atoms with Gasteiger partial charge in [0, 0.05) is 28.8 Å². The van der Waals surface area contributed by atoms with E-state index in [1.165, 1.54) is 23.1 Å². The van der Waals surface area contributed by atoms with Crippen LogP contribution < -0.4 is 4.72 Å². The van der Waals surface area contributed by atoms with Gasteiger partial charge in [0.2, 0.25) is 0 Å². The summed E-state index contributed by atoms with van der Waals surface area (Å²) in [6.45, 7) is 1.76. The maximum absolute atomic E-state index is 12.6. The fraction of sp³-hybridized carbons (Fsp3) is 0.222. The predicted molar refractivity (Wildman–Crippen MR) is 103 cm³/mol. The Morgan fingerprint density at radius 1 is 1.27 bits per heavy atom. The molecule has 0 aliphatic carbocycles. The number of nitriles is 1. The summed E-state index contributed by atoms with van der Waals surface area (Å²) >= 11 is 3.29. The van der Waals surface area contributed by atoms with E-state index in [9.17, 15) is 13.2 Å². The summed E-state index contributed by atoms with van der Waals surface area (Å²) in [5, 5.41) is 8.77. The van der Waals surface area contributed by atoms with Crippen molar-refractivity contribution in [3.8, 4) is 6.07 Å². The van der Waals surface area contributed by atoms with Gasteiger partial charge in [-0.3, -0.25) is 9.52 Å². The quantitative estimate of drug-likeness (QED) is 0.749. The first kappa shape index (κ1) is 19.9. The zero-order valence-corrected chi connectivity index (χ0v) is 16.7. The van der Waals surface area contributed by atoms with Gasteiger partial charge in [-0.1, -0.05) is 22.0 Å². The third kappa shape index (κ3) is 4.84. The summed E-state index contributed by atoms with van der Waals surface area (Å²) < 4.78 is 28.5. The van der Waals surface area contributed by atoms with Crippen LogP contribution in [0.3, 0.4) is 0 Å². The van der Waals surface area contributed by atoms with Gasteiger partial charge in [-0.15, -0.1) is 0 Å². The number of rotatable bonds is 6. The van der Waals surface area contributed by atoms with Gasteiger partial charge in [-0.2, -0.15) is 5.26 Å². The van der Waals surface area contributed by atoms with Gasteiger partial charge in [-0.05, 0) is 49.4 Å². The van der Waals surface area contributed by atoms with E-state index in [2.05, 4.69) is 20.7 Å². The van der Waals surface area contributed by atoms with E-state index in [-0.39, 0.29) is 28.8 Å². The number of halogens is 1. The van der Waals surface area contributed by atoms with Crippen molar-refractivity contribution in [3.63, 3.8) is 0 Å². The number of carbonyl (C=O) groups excluding carboxylic acids is 1. The standard InChI is InChI=1S/C18H18BrN3O3S/c1-13(10-11-20)22(2)18(23)14-4-3-5-17(12-14)26(24,25)21-16-8-6-15(19)7-9-16/h3-9,12-13,21H,10H2,1-2H3. The minimum Gasteiger partial charge on any atom is -0.338 e. The van der Waals surface area contributed by atoms with Crippen LogP contribution >= 0.6 is 15.9 Å². The molecule has 0 aliphatic heterocycles. The van der Waals surface area contributed by atoms with Crippen LogP contribution in [-0.2, 0) is 10.0 Å². The molecule has 2 aromatic rings. The second-order valence-electron chi connectivity index (χ2n) is 5.77. The Hall–Kier alpha value is -2.37. The lowest BCUT2D eigenvalue weighted by molar-refractivity contribution is 0.0746. The van der Waals surface area contributed by atoms with Crippen LogP contribution in [0.15, 0.2) is 57.9 Å². The molecule has 8 heteroatoms. The van der Waals surface area contributed by atoms with Crippen molar-refractivity contribution >= 4 is 37.5 Å². The third-order valence-electron chi connectivity index (χ3n) is 3.86. The van der Waals surface area contributed by atoms with Gasteiger partial charge in [0.1, 0.15) is 0 Å². The predicted octanol–water partition coefficient (Wildman–Crippen LogP) is 3.62. The fourth-order valence-electron chi connectivity index (χ4n) is 2.20. The average Bonchev–Trinajstić information content (AvgIpc) is 2.62. The molecule has 1 N–H and O–H groups in total. The number of hydrogen-bond acceptors (Lipinski definition) is 4. The Bertz CT molecular complexity index is 937. The molecule has 0 saturated carbocycles. The van der Waals surface area contributed by atoms with Crippen molar-refractivity contribution in [1.29, 1.82) is 5.26 Å². The van der Waals surface area contributed by atoms with Crippen molar-refractivity contribution in [3.05, 3.63) is 58.6 Å². The number of nitrogens with zero attached hydrogens (tertiary/aromatic N) is 2. The second kappa shape index (κ2) is 8.34. The summed E-state index contributed by atoms with van der Waals surface area (Å²) in [6.07, 6.45) is 0.200. The van der Waals surface area contributed by atoms with Crippen LogP contribution in [0.5, 0.6) is 0 Å². The molecular weight excluding hydrogens is 418 g/mol. The molecular formula is C18H18BrN3O3S. The van der Waals surface area contributed by atoms with E-state index in [1.807, 2.05) is 6.07 Å². The van der Waals surface area contributed by atoms with Crippen molar-refractivity contribution in [2.45, 2.75) is 24.3 Å². The summed E-state index contributed by atoms with van der Waals surface area (Å²) in [4.78, 5) is 14.0. The number of anilines is 1. The SMILES string of the molecule is CC(CC#N)N(C)C(=O)c1cccc(S(=O)(=O)Nc2ccc(Br)cc2)c1. The maximum atomic E-state index is 12.6. The van der Waals surface area contributed by atoms with Gasteiger partial charge in [0.15, 0.2) is 0 Å². The number of carbonyl (C=O) groups is 1. The zero-order chi connectivity index (χ0) is 19.3. The second-order valence-corrected chi connectivity index (χ2v) is 8.37. The maximum Gasteiger partial charge on any atom is 0.261 e. The molecule has 2 rings (SSSR count). The Morgan fingerprint density at radius 3 is 2.54 bits per heavy atom. The first-order valence-corrected chi connectivity index (χ1v) is 10.0. The zero-order valence-electron chi connectivity index (χ0n) is 14.3. The highest BCUT2D eigenvalue weighted by atomic mass is 79.9. The molecule has 0 radical (unpaired) electrons. The molecule has 6 nitrogen and oxygen atoms in total. The van der Waals surface area contributed by atoms with Crippen LogP contribution in [0, 0.1) is 11.3 Å². The lowest BCUT2D eigenvalue weighted by Crippen LogP contribution is -2.34. The molecule has 26 heavy (non-hydrogen) atoms. The summed E-state index contributed by atoms with van der Waals surface area (Å²) in [6, 6.07) is 14.3. The first-order chi connectivity index (χ1) is 12.2. The molecule has 1 amide bonds. The minimum absolute atomic E-state index is 0.00685. The first-order valence-electron chi connectivity index (χ1n) is 7.77. The van der Waals surface area contributed by atoms with Gasteiger partial charge in [0.05, 0.1) is 17.4 Å². The van der Waals surface area contributed by atoms with E-state index in [0.29, 0.717) is 5.69 Å². The third-order valence-corrected chi connectivity index (χ3v) is 5.76. The molecule has 0 bridgehead atoms. The smallest absolute Gasteiger partial charge is 0.261 e. The van der Waals surface area contributed by atoms with E-state index < -0.39 is 10.0 Å². The molecule has 0 aliphatic rings. The number of amides is 1. The van der Waals surface area contributed by atoms with Crippen molar-refractivity contribution in [2.75, 3.05) is 11.8 Å². The summed E-state index contributed by atoms with van der Waals surface area (Å²) in [5.41, 5.74) is 0.667. The highest BCUT2D eigenvalue weighted by molar-refractivity contribution is 9.10. The number of nitrogens with one attached hydrogen (secondary N) is 1. The Balaban J connectivity index is 2.26. The highest BCUT2D eigenvalue weighted by Crippen LogP contribution is 2.20. The van der Waals surface area contributed by atoms with Gasteiger partial charge < -0.3 is 4.90 Å². The van der Waals surface area contributed by atoms with E-state index in [4.69, 9.17) is 5.26 Å². The van der Waals surface area contributed by atoms with Gasteiger partial charge in [-0.25, -0.2) is 8.42 Å². The van der Waals surface area contributed by atoms with Crippen LogP contribution in [-0.4, -0.2) is 32.3 Å². The van der Waals surface area contributed by atoms with Crippen molar-refractivity contribution in [2.24, 2.45) is 0 Å². The molecule has 1 atom stereocenters. The van der Waals surface area contributed by atoms with Gasteiger partial charge in [0.25, 0.3) is 15.9 Å². The Labute approximate surface area is 161 Å². The molecule has 136 valence electrons. The van der Waals surface area contributed by atoms with E-state index in [1.54, 1.807) is 44.3 Å². The Morgan fingerprint density at radius 2 is 1.92 bits per heavy atom. The normalized spacial score (nSPS) is 12.1. The molecule has 0 saturated heterocycles. The number of hydrogen-bond donors (Lipinski definition) is 1. The lowest BCUT2D eigenvalue weighted by atomic mass is 10.1. The van der Waals surface area contributed by atoms with Crippen LogP contribution in [0.2, 0.25) is 0 Å². The van der Waals surface area contributed by atoms with Gasteiger partial charge >= 0.3 is 0 Å². The molecule has 0 spiro atoms. The summed E-state index contributed by atoms with van der Waals surface area (Å²) in [7, 11) is -2.24. The monoisotopic (exact) mass is 435 g/mol. The molecule has 0 fully saturated rings. The highest BCUT2D eigenvalue weighted by Gasteiger charge is 2.20. The minimum atomic E-state index is -3.83. The fourth-order valence-corrected chi connectivity index (χ4v) is 3.57. The van der Waals surface area contributed by atoms with Crippen molar-refractivity contribution in [1.82, 2.24) is 4.90 Å². The lowest BCUT2D eigenvalue weighted by Gasteiger charge is -2.23. The molecule has 2 aromatic carbocycles. The molecule has 1 unspecified atom stereocenters. The summed E-state index contributed by atoms with van der Waals surface area (Å²) in [5.74, 6) is -0.339. The van der Waals surface area contributed by atoms with Crippen LogP contribution in [0.25, 0.3) is 0 Å². The van der Waals surface area contributed by atoms with Crippen LogP contribution in [0.1, 0.15) is 23.7 Å². The topological polar surface area (TPSA) is 90.3 Å². The Kier molecular flexibility index (Phi) is 6.40. The van der Waals surface area contributed by atoms with E-state index in [0.717, 1.165) is 4.47 Å². The average molecular weight is 436 g/mol. The number of benzene rings is 2.